The van der Waals surface area contributed by atoms with Crippen LogP contribution in [0.3, 0.4) is 0 Å². The molecule has 5 heteroatoms. The number of ether oxygens (including phenoxy) is 2. The van der Waals surface area contributed by atoms with Crippen molar-refractivity contribution < 1.29 is 24.2 Å². The molecule has 0 radical (unpaired) electrons. The fraction of sp³-hybridized carbons (Fsp3) is 0.800. The van der Waals surface area contributed by atoms with Crippen molar-refractivity contribution in [3.63, 3.8) is 0 Å². The van der Waals surface area contributed by atoms with Gasteiger partial charge in [-0.1, -0.05) is 64.7 Å². The van der Waals surface area contributed by atoms with E-state index >= 15 is 0 Å². The second-order valence-electron chi connectivity index (χ2n) is 6.91. The van der Waals surface area contributed by atoms with Crippen LogP contribution >= 0.6 is 0 Å². The van der Waals surface area contributed by atoms with Gasteiger partial charge in [-0.2, -0.15) is 0 Å². The molecule has 1 rings (SSSR count). The largest absolute Gasteiger partial charge is 0.458 e. The summed E-state index contributed by atoms with van der Waals surface area (Å²) in [4.78, 5) is 22.9. The van der Waals surface area contributed by atoms with Crippen LogP contribution in [0, 0.1) is 0 Å². The zero-order valence-electron chi connectivity index (χ0n) is 16.0. The second-order valence-corrected chi connectivity index (χ2v) is 6.91. The minimum Gasteiger partial charge on any atom is -0.458 e. The van der Waals surface area contributed by atoms with Crippen LogP contribution in [0.15, 0.2) is 11.1 Å². The minimum atomic E-state index is -1.29. The van der Waals surface area contributed by atoms with Crippen molar-refractivity contribution in [3.05, 3.63) is 11.1 Å². The number of cyclic esters (lactones) is 1. The first-order valence-electron chi connectivity index (χ1n) is 9.74. The van der Waals surface area contributed by atoms with E-state index in [4.69, 9.17) is 9.47 Å². The van der Waals surface area contributed by atoms with Crippen molar-refractivity contribution in [2.45, 2.75) is 104 Å². The Bertz CT molecular complexity index is 455. The maximum absolute atomic E-state index is 11.5. The van der Waals surface area contributed by atoms with E-state index in [1.807, 2.05) is 0 Å². The number of carbonyl (C=O) groups excluding carboxylic acids is 2. The summed E-state index contributed by atoms with van der Waals surface area (Å²) in [7, 11) is 0. The third-order valence-corrected chi connectivity index (χ3v) is 4.70. The van der Waals surface area contributed by atoms with E-state index in [9.17, 15) is 14.7 Å². The molecule has 0 bridgehead atoms. The lowest BCUT2D eigenvalue weighted by Crippen LogP contribution is -2.25. The fourth-order valence-corrected chi connectivity index (χ4v) is 3.25. The van der Waals surface area contributed by atoms with Crippen molar-refractivity contribution in [2.24, 2.45) is 0 Å². The van der Waals surface area contributed by atoms with Gasteiger partial charge < -0.3 is 14.6 Å². The smallest absolute Gasteiger partial charge is 0.336 e. The van der Waals surface area contributed by atoms with Crippen molar-refractivity contribution in [1.82, 2.24) is 0 Å². The molecule has 1 aliphatic heterocycles. The van der Waals surface area contributed by atoms with Crippen molar-refractivity contribution in [2.75, 3.05) is 0 Å². The van der Waals surface area contributed by atoms with Gasteiger partial charge in [0, 0.05) is 18.1 Å². The summed E-state index contributed by atoms with van der Waals surface area (Å²) in [5.41, 5.74) is 0.752. The quantitative estimate of drug-likeness (QED) is 0.391. The molecular weight excluding hydrogens is 320 g/mol. The normalized spacial score (nSPS) is 18.4. The highest BCUT2D eigenvalue weighted by Crippen LogP contribution is 2.28. The van der Waals surface area contributed by atoms with Crippen LogP contribution in [-0.2, 0) is 19.1 Å². The van der Waals surface area contributed by atoms with E-state index in [1.54, 1.807) is 6.92 Å². The average Bonchev–Trinajstić information content (AvgIpc) is 2.80. The van der Waals surface area contributed by atoms with Gasteiger partial charge in [0.1, 0.15) is 6.10 Å². The second kappa shape index (κ2) is 12.1. The van der Waals surface area contributed by atoms with E-state index in [-0.39, 0.29) is 0 Å². The molecule has 0 aliphatic carbocycles. The van der Waals surface area contributed by atoms with Gasteiger partial charge in [-0.3, -0.25) is 4.79 Å². The molecule has 0 aromatic carbocycles. The van der Waals surface area contributed by atoms with Crippen LogP contribution in [-0.4, -0.2) is 29.4 Å². The van der Waals surface area contributed by atoms with Crippen LogP contribution in [0.4, 0.5) is 0 Å². The molecule has 0 aromatic heterocycles. The van der Waals surface area contributed by atoms with Gasteiger partial charge in [-0.05, 0) is 19.8 Å². The van der Waals surface area contributed by atoms with Crippen molar-refractivity contribution in [3.8, 4) is 0 Å². The molecule has 0 aromatic rings. The predicted octanol–water partition coefficient (Wildman–Crippen LogP) is 4.42. The summed E-state index contributed by atoms with van der Waals surface area (Å²) in [6, 6.07) is 0. The van der Waals surface area contributed by atoms with Gasteiger partial charge in [-0.25, -0.2) is 4.79 Å². The lowest BCUT2D eigenvalue weighted by atomic mass is 9.98. The number of aliphatic hydroxyl groups excluding tert-OH is 1. The highest BCUT2D eigenvalue weighted by molar-refractivity contribution is 5.91. The summed E-state index contributed by atoms with van der Waals surface area (Å²) < 4.78 is 10.1. The molecule has 1 heterocycles. The standard InChI is InChI=1S/C20H34O5/c1-4-5-6-7-8-9-10-11-12-13-14-17(24-16(3)21)18-15(2)19(22)25-20(18)23/h17,20,23H,4-14H2,1-3H3. The number of hydrogen-bond donors (Lipinski definition) is 1. The Morgan fingerprint density at radius 3 is 2.04 bits per heavy atom. The molecule has 144 valence electrons. The zero-order valence-corrected chi connectivity index (χ0v) is 16.0. The maximum atomic E-state index is 11.5. The lowest BCUT2D eigenvalue weighted by Gasteiger charge is -2.20. The van der Waals surface area contributed by atoms with Gasteiger partial charge in [0.05, 0.1) is 0 Å². The first-order chi connectivity index (χ1) is 12.0. The Morgan fingerprint density at radius 2 is 1.60 bits per heavy atom. The van der Waals surface area contributed by atoms with Crippen molar-refractivity contribution >= 4 is 11.9 Å². The molecule has 0 fully saturated rings. The Labute approximate surface area is 151 Å². The Morgan fingerprint density at radius 1 is 1.08 bits per heavy atom. The maximum Gasteiger partial charge on any atom is 0.336 e. The number of unbranched alkanes of at least 4 members (excludes halogenated alkanes) is 9. The summed E-state index contributed by atoms with van der Waals surface area (Å²) in [6.45, 7) is 5.17. The number of hydrogen-bond acceptors (Lipinski definition) is 5. The Balaban J connectivity index is 2.29. The number of esters is 2. The Kier molecular flexibility index (Phi) is 10.5. The first kappa shape index (κ1) is 21.7. The van der Waals surface area contributed by atoms with E-state index in [1.165, 1.54) is 51.9 Å². The van der Waals surface area contributed by atoms with Crippen molar-refractivity contribution in [1.29, 1.82) is 0 Å². The average molecular weight is 354 g/mol. The molecule has 0 saturated carbocycles. The zero-order chi connectivity index (χ0) is 18.7. The summed E-state index contributed by atoms with van der Waals surface area (Å²) in [6.07, 6.45) is 11.0. The number of carbonyl (C=O) groups is 2. The molecule has 2 atom stereocenters. The highest BCUT2D eigenvalue weighted by Gasteiger charge is 2.36. The van der Waals surface area contributed by atoms with Crippen LogP contribution in [0.25, 0.3) is 0 Å². The molecule has 25 heavy (non-hydrogen) atoms. The number of aliphatic hydroxyl groups is 1. The monoisotopic (exact) mass is 354 g/mol. The molecule has 1 N–H and O–H groups in total. The molecule has 2 unspecified atom stereocenters. The van der Waals surface area contributed by atoms with Gasteiger partial charge in [0.2, 0.25) is 6.29 Å². The molecule has 0 amide bonds. The number of rotatable bonds is 13. The van der Waals surface area contributed by atoms with Gasteiger partial charge >= 0.3 is 11.9 Å². The minimum absolute atomic E-state index is 0.353. The summed E-state index contributed by atoms with van der Waals surface area (Å²) >= 11 is 0. The third-order valence-electron chi connectivity index (χ3n) is 4.70. The highest BCUT2D eigenvalue weighted by atomic mass is 16.6. The van der Waals surface area contributed by atoms with Crippen LogP contribution in [0.5, 0.6) is 0 Å². The van der Waals surface area contributed by atoms with Crippen LogP contribution in [0.2, 0.25) is 0 Å². The topological polar surface area (TPSA) is 72.8 Å². The van der Waals surface area contributed by atoms with E-state index in [2.05, 4.69) is 6.92 Å². The lowest BCUT2D eigenvalue weighted by molar-refractivity contribution is -0.154. The van der Waals surface area contributed by atoms with Gasteiger partial charge in [-0.15, -0.1) is 0 Å². The predicted molar refractivity (Wildman–Crippen MR) is 96.8 cm³/mol. The third kappa shape index (κ3) is 8.04. The van der Waals surface area contributed by atoms with Crippen LogP contribution < -0.4 is 0 Å². The SMILES string of the molecule is CCCCCCCCCCCCC(OC(C)=O)C1=C(C)C(=O)OC1O. The summed E-state index contributed by atoms with van der Waals surface area (Å²) in [5, 5.41) is 9.88. The van der Waals surface area contributed by atoms with Gasteiger partial charge in [0.25, 0.3) is 0 Å². The van der Waals surface area contributed by atoms with Crippen LogP contribution in [0.1, 0.15) is 91.4 Å². The molecule has 5 nitrogen and oxygen atoms in total. The molecular formula is C20H34O5. The fourth-order valence-electron chi connectivity index (χ4n) is 3.25. The van der Waals surface area contributed by atoms with E-state index < -0.39 is 24.3 Å². The first-order valence-corrected chi connectivity index (χ1v) is 9.74. The summed E-state index contributed by atoms with van der Waals surface area (Å²) in [5.74, 6) is -0.952. The van der Waals surface area contributed by atoms with E-state index in [0.29, 0.717) is 17.6 Å². The van der Waals surface area contributed by atoms with E-state index in [0.717, 1.165) is 19.3 Å². The molecule has 0 saturated heterocycles. The Hall–Kier alpha value is -1.36. The molecule has 0 spiro atoms. The van der Waals surface area contributed by atoms with Gasteiger partial charge in [0.15, 0.2) is 0 Å². The molecule has 1 aliphatic rings.